The van der Waals surface area contributed by atoms with Crippen molar-refractivity contribution in [3.05, 3.63) is 36.2 Å². The summed E-state index contributed by atoms with van der Waals surface area (Å²) in [6.07, 6.45) is 3.92. The summed E-state index contributed by atoms with van der Waals surface area (Å²) in [5, 5.41) is 15.9. The molecule has 2 rings (SSSR count). The van der Waals surface area contributed by atoms with E-state index >= 15 is 0 Å². The average molecular weight is 331 g/mol. The second kappa shape index (κ2) is 7.49. The van der Waals surface area contributed by atoms with Crippen LogP contribution in [0.2, 0.25) is 0 Å². The quantitative estimate of drug-likeness (QED) is 0.755. The van der Waals surface area contributed by atoms with Crippen molar-refractivity contribution in [2.75, 3.05) is 11.9 Å². The highest BCUT2D eigenvalue weighted by Gasteiger charge is 2.27. The number of amides is 2. The van der Waals surface area contributed by atoms with Crippen LogP contribution in [-0.4, -0.2) is 28.3 Å². The lowest BCUT2D eigenvalue weighted by molar-refractivity contribution is 0.00827. The number of rotatable bonds is 6. The molecule has 0 saturated carbocycles. The number of carbonyl (C=O) groups excluding carboxylic acids is 1. The largest absolute Gasteiger partial charge is 0.445 e. The fourth-order valence-corrected chi connectivity index (χ4v) is 2.30. The highest BCUT2D eigenvalue weighted by molar-refractivity contribution is 5.90. The summed E-state index contributed by atoms with van der Waals surface area (Å²) in [4.78, 5) is 16.3. The van der Waals surface area contributed by atoms with Gasteiger partial charge in [-0.2, -0.15) is 0 Å². The van der Waals surface area contributed by atoms with E-state index < -0.39 is 5.60 Å². The molecule has 0 fully saturated rings. The predicted octanol–water partition coefficient (Wildman–Crippen LogP) is 3.57. The molecule has 0 saturated heterocycles. The minimum atomic E-state index is -0.943. The Morgan fingerprint density at radius 3 is 2.83 bits per heavy atom. The molecule has 2 unspecified atom stereocenters. The molecule has 2 aromatic rings. The zero-order chi connectivity index (χ0) is 17.7. The summed E-state index contributed by atoms with van der Waals surface area (Å²) in [6.45, 7) is 7.80. The first kappa shape index (κ1) is 18.0. The van der Waals surface area contributed by atoms with Crippen LogP contribution >= 0.6 is 0 Å². The Hall–Kier alpha value is -2.34. The molecule has 130 valence electrons. The smallest absolute Gasteiger partial charge is 0.319 e. The third kappa shape index (κ3) is 4.35. The van der Waals surface area contributed by atoms with Crippen LogP contribution in [0, 0.1) is 12.8 Å². The van der Waals surface area contributed by atoms with Crippen molar-refractivity contribution in [1.29, 1.82) is 0 Å². The molecule has 1 aromatic carbocycles. The number of aromatic nitrogens is 1. The summed E-state index contributed by atoms with van der Waals surface area (Å²) in [7, 11) is 0. The van der Waals surface area contributed by atoms with Gasteiger partial charge in [-0.15, -0.1) is 0 Å². The predicted molar refractivity (Wildman–Crippen MR) is 93.8 cm³/mol. The Morgan fingerprint density at radius 2 is 2.21 bits per heavy atom. The van der Waals surface area contributed by atoms with Crippen LogP contribution in [-0.2, 0) is 0 Å². The lowest BCUT2D eigenvalue weighted by Crippen LogP contribution is -2.46. The summed E-state index contributed by atoms with van der Waals surface area (Å²) in [5.41, 5.74) is 1.44. The number of aryl methyl sites for hydroxylation is 1. The van der Waals surface area contributed by atoms with E-state index in [0.717, 1.165) is 17.5 Å². The van der Waals surface area contributed by atoms with E-state index in [2.05, 4.69) is 15.6 Å². The Labute approximate surface area is 142 Å². The van der Waals surface area contributed by atoms with Crippen LogP contribution in [0.3, 0.4) is 0 Å². The van der Waals surface area contributed by atoms with E-state index in [1.165, 1.54) is 6.26 Å². The molecule has 24 heavy (non-hydrogen) atoms. The Morgan fingerprint density at radius 1 is 1.46 bits per heavy atom. The molecular weight excluding hydrogens is 306 g/mol. The van der Waals surface area contributed by atoms with Crippen LogP contribution in [0.4, 0.5) is 10.5 Å². The number of nitrogens with zero attached hydrogens (tertiary/aromatic N) is 1. The molecule has 1 heterocycles. The van der Waals surface area contributed by atoms with E-state index in [4.69, 9.17) is 4.42 Å². The first-order valence-corrected chi connectivity index (χ1v) is 8.11. The van der Waals surface area contributed by atoms with Gasteiger partial charge in [0.2, 0.25) is 5.89 Å². The Bertz CT molecular complexity index is 681. The van der Waals surface area contributed by atoms with Gasteiger partial charge in [0.05, 0.1) is 11.8 Å². The standard InChI is InChI=1S/C18H25N3O3/c1-5-13(3)18(4,23)11-20-17(22)21-15-10-14(7-6-12(15)2)16-19-8-9-24-16/h6-10,13,23H,5,11H2,1-4H3,(H2,20,21,22). The maximum absolute atomic E-state index is 12.1. The number of nitrogens with one attached hydrogen (secondary N) is 2. The summed E-state index contributed by atoms with van der Waals surface area (Å²) in [6, 6.07) is 5.24. The number of carbonyl (C=O) groups is 1. The highest BCUT2D eigenvalue weighted by Crippen LogP contribution is 2.24. The third-order valence-electron chi connectivity index (χ3n) is 4.45. The molecule has 3 N–H and O–H groups in total. The molecule has 0 aliphatic heterocycles. The van der Waals surface area contributed by atoms with Gasteiger partial charge in [0.15, 0.2) is 0 Å². The van der Waals surface area contributed by atoms with Gasteiger partial charge in [-0.1, -0.05) is 26.3 Å². The van der Waals surface area contributed by atoms with Crippen LogP contribution in [0.15, 0.2) is 35.1 Å². The van der Waals surface area contributed by atoms with Gasteiger partial charge >= 0.3 is 6.03 Å². The fourth-order valence-electron chi connectivity index (χ4n) is 2.30. The number of anilines is 1. The topological polar surface area (TPSA) is 87.4 Å². The first-order chi connectivity index (χ1) is 11.3. The zero-order valence-corrected chi connectivity index (χ0v) is 14.6. The average Bonchev–Trinajstić information content (AvgIpc) is 3.08. The Balaban J connectivity index is 2.03. The van der Waals surface area contributed by atoms with E-state index in [1.54, 1.807) is 13.1 Å². The number of hydrogen-bond acceptors (Lipinski definition) is 4. The van der Waals surface area contributed by atoms with E-state index in [1.807, 2.05) is 39.0 Å². The minimum Gasteiger partial charge on any atom is -0.445 e. The minimum absolute atomic E-state index is 0.0906. The number of benzene rings is 1. The first-order valence-electron chi connectivity index (χ1n) is 8.11. The van der Waals surface area contributed by atoms with Crippen LogP contribution in [0.25, 0.3) is 11.5 Å². The SMILES string of the molecule is CCC(C)C(C)(O)CNC(=O)Nc1cc(-c2ncco2)ccc1C. The number of aliphatic hydroxyl groups is 1. The molecule has 6 nitrogen and oxygen atoms in total. The van der Waals surface area contributed by atoms with E-state index in [-0.39, 0.29) is 18.5 Å². The monoisotopic (exact) mass is 331 g/mol. The fraction of sp³-hybridized carbons (Fsp3) is 0.444. The van der Waals surface area contributed by atoms with Gasteiger partial charge in [-0.05, 0) is 37.5 Å². The van der Waals surface area contributed by atoms with Gasteiger partial charge in [0.25, 0.3) is 0 Å². The number of oxazole rings is 1. The Kier molecular flexibility index (Phi) is 5.62. The number of urea groups is 1. The third-order valence-corrected chi connectivity index (χ3v) is 4.45. The van der Waals surface area contributed by atoms with Gasteiger partial charge in [-0.25, -0.2) is 9.78 Å². The van der Waals surface area contributed by atoms with Gasteiger partial charge in [0.1, 0.15) is 6.26 Å². The molecule has 0 spiro atoms. The van der Waals surface area contributed by atoms with Gasteiger partial charge in [0, 0.05) is 17.8 Å². The lowest BCUT2D eigenvalue weighted by atomic mass is 9.89. The van der Waals surface area contributed by atoms with E-state index in [0.29, 0.717) is 11.6 Å². The summed E-state index contributed by atoms with van der Waals surface area (Å²) in [5.74, 6) is 0.589. The molecule has 0 bridgehead atoms. The lowest BCUT2D eigenvalue weighted by Gasteiger charge is -2.29. The van der Waals surface area contributed by atoms with Crippen molar-refractivity contribution in [3.8, 4) is 11.5 Å². The van der Waals surface area contributed by atoms with Crippen LogP contribution in [0.1, 0.15) is 32.8 Å². The summed E-state index contributed by atoms with van der Waals surface area (Å²) < 4.78 is 5.28. The van der Waals surface area contributed by atoms with Crippen molar-refractivity contribution < 1.29 is 14.3 Å². The van der Waals surface area contributed by atoms with Crippen molar-refractivity contribution in [3.63, 3.8) is 0 Å². The molecule has 1 aromatic heterocycles. The van der Waals surface area contributed by atoms with E-state index in [9.17, 15) is 9.90 Å². The molecule has 0 aliphatic carbocycles. The molecule has 2 amide bonds. The van der Waals surface area contributed by atoms with Crippen molar-refractivity contribution in [2.45, 2.75) is 39.7 Å². The molecule has 2 atom stereocenters. The number of hydrogen-bond donors (Lipinski definition) is 3. The van der Waals surface area contributed by atoms with Crippen LogP contribution in [0.5, 0.6) is 0 Å². The molecular formula is C18H25N3O3. The second-order valence-electron chi connectivity index (χ2n) is 6.34. The zero-order valence-electron chi connectivity index (χ0n) is 14.6. The van der Waals surface area contributed by atoms with Gasteiger partial charge < -0.3 is 20.2 Å². The highest BCUT2D eigenvalue weighted by atomic mass is 16.3. The maximum atomic E-state index is 12.1. The molecule has 6 heteroatoms. The van der Waals surface area contributed by atoms with Gasteiger partial charge in [-0.3, -0.25) is 0 Å². The maximum Gasteiger partial charge on any atom is 0.319 e. The van der Waals surface area contributed by atoms with Crippen LogP contribution < -0.4 is 10.6 Å². The van der Waals surface area contributed by atoms with Crippen molar-refractivity contribution >= 4 is 11.7 Å². The summed E-state index contributed by atoms with van der Waals surface area (Å²) >= 11 is 0. The normalized spacial score (nSPS) is 14.7. The second-order valence-corrected chi connectivity index (χ2v) is 6.34. The van der Waals surface area contributed by atoms with Crippen molar-refractivity contribution in [2.24, 2.45) is 5.92 Å². The molecule has 0 radical (unpaired) electrons. The molecule has 0 aliphatic rings. The van der Waals surface area contributed by atoms with Crippen molar-refractivity contribution in [1.82, 2.24) is 10.3 Å².